The summed E-state index contributed by atoms with van der Waals surface area (Å²) in [6, 6.07) is 0. The highest BCUT2D eigenvalue weighted by molar-refractivity contribution is 5.69. The van der Waals surface area contributed by atoms with Gasteiger partial charge in [-0.15, -0.1) is 0 Å². The number of nitrogens with one attached hydrogen (secondary N) is 1. The molecular formula is C10H19NO2. The van der Waals surface area contributed by atoms with Gasteiger partial charge in [-0.1, -0.05) is 20.3 Å². The number of carbonyl (C=O) groups excluding carboxylic acids is 1. The van der Waals surface area contributed by atoms with Crippen LogP contribution in [0.2, 0.25) is 0 Å². The molecule has 1 fully saturated rings. The van der Waals surface area contributed by atoms with Gasteiger partial charge in [-0.25, -0.2) is 4.79 Å². The molecule has 1 saturated carbocycles. The first-order valence-corrected chi connectivity index (χ1v) is 5.07. The number of hydrogen-bond acceptors (Lipinski definition) is 2. The van der Waals surface area contributed by atoms with E-state index in [0.717, 1.165) is 19.3 Å². The molecule has 2 atom stereocenters. The van der Waals surface area contributed by atoms with Gasteiger partial charge in [0, 0.05) is 5.54 Å². The van der Waals surface area contributed by atoms with Crippen molar-refractivity contribution in [3.63, 3.8) is 0 Å². The number of alkyl carbamates (subject to hydrolysis) is 1. The Kier molecular flexibility index (Phi) is 3.17. The summed E-state index contributed by atoms with van der Waals surface area (Å²) < 4.78 is 4.95. The Hall–Kier alpha value is -0.730. The molecule has 0 aromatic heterocycles. The van der Waals surface area contributed by atoms with E-state index in [1.165, 1.54) is 0 Å². The van der Waals surface area contributed by atoms with E-state index < -0.39 is 0 Å². The average Bonchev–Trinajstić information content (AvgIpc) is 2.73. The fourth-order valence-electron chi connectivity index (χ4n) is 1.66. The molecule has 0 radical (unpaired) electrons. The maximum Gasteiger partial charge on any atom is 0.407 e. The second kappa shape index (κ2) is 3.99. The van der Waals surface area contributed by atoms with Crippen molar-refractivity contribution in [1.82, 2.24) is 5.32 Å². The molecule has 0 heterocycles. The van der Waals surface area contributed by atoms with Crippen LogP contribution in [-0.4, -0.2) is 18.2 Å². The van der Waals surface area contributed by atoms with Crippen molar-refractivity contribution in [2.24, 2.45) is 5.92 Å². The first-order chi connectivity index (χ1) is 6.12. The Bertz CT molecular complexity index is 193. The molecule has 3 heteroatoms. The lowest BCUT2D eigenvalue weighted by molar-refractivity contribution is 0.141. The van der Waals surface area contributed by atoms with Gasteiger partial charge in [0.1, 0.15) is 0 Å². The second-order valence-electron chi connectivity index (χ2n) is 3.99. The maximum absolute atomic E-state index is 11.2. The number of ether oxygens (including phenoxy) is 1. The summed E-state index contributed by atoms with van der Waals surface area (Å²) in [7, 11) is 0. The third-order valence-corrected chi connectivity index (χ3v) is 2.73. The van der Waals surface area contributed by atoms with E-state index in [2.05, 4.69) is 19.2 Å². The van der Waals surface area contributed by atoms with Crippen LogP contribution in [-0.2, 0) is 4.74 Å². The van der Waals surface area contributed by atoms with Crippen LogP contribution in [0.4, 0.5) is 4.79 Å². The van der Waals surface area contributed by atoms with E-state index >= 15 is 0 Å². The smallest absolute Gasteiger partial charge is 0.407 e. The minimum Gasteiger partial charge on any atom is -0.450 e. The summed E-state index contributed by atoms with van der Waals surface area (Å²) >= 11 is 0. The third-order valence-electron chi connectivity index (χ3n) is 2.73. The molecule has 1 aliphatic rings. The van der Waals surface area contributed by atoms with E-state index in [4.69, 9.17) is 4.74 Å². The van der Waals surface area contributed by atoms with Crippen molar-refractivity contribution < 1.29 is 9.53 Å². The molecular weight excluding hydrogens is 166 g/mol. The quantitative estimate of drug-likeness (QED) is 0.730. The van der Waals surface area contributed by atoms with Crippen LogP contribution >= 0.6 is 0 Å². The standard InChI is InChI=1S/C10H19NO2/c1-4-6-13-9(12)11-10(3)7-8(10)5-2/h8H,4-7H2,1-3H3,(H,11,12). The normalized spacial score (nSPS) is 31.2. The number of amides is 1. The Balaban J connectivity index is 2.21. The fraction of sp³-hybridized carbons (Fsp3) is 0.900. The van der Waals surface area contributed by atoms with Gasteiger partial charge in [-0.3, -0.25) is 0 Å². The Morgan fingerprint density at radius 1 is 1.62 bits per heavy atom. The lowest BCUT2D eigenvalue weighted by Crippen LogP contribution is -2.36. The Morgan fingerprint density at radius 3 is 2.77 bits per heavy atom. The summed E-state index contributed by atoms with van der Waals surface area (Å²) in [5.41, 5.74) is 0.0135. The fourth-order valence-corrected chi connectivity index (χ4v) is 1.66. The number of rotatable bonds is 4. The molecule has 0 spiro atoms. The van der Waals surface area contributed by atoms with Gasteiger partial charge < -0.3 is 10.1 Å². The van der Waals surface area contributed by atoms with E-state index in [1.807, 2.05) is 6.92 Å². The van der Waals surface area contributed by atoms with Gasteiger partial charge in [-0.05, 0) is 25.7 Å². The van der Waals surface area contributed by atoms with Crippen molar-refractivity contribution in [2.45, 2.75) is 45.6 Å². The largest absolute Gasteiger partial charge is 0.450 e. The van der Waals surface area contributed by atoms with Crippen LogP contribution in [0.5, 0.6) is 0 Å². The molecule has 76 valence electrons. The zero-order chi connectivity index (χ0) is 9.90. The first-order valence-electron chi connectivity index (χ1n) is 5.07. The molecule has 2 unspecified atom stereocenters. The van der Waals surface area contributed by atoms with Crippen LogP contribution in [0.3, 0.4) is 0 Å². The van der Waals surface area contributed by atoms with Crippen LogP contribution < -0.4 is 5.32 Å². The summed E-state index contributed by atoms with van der Waals surface area (Å²) in [6.45, 7) is 6.73. The zero-order valence-corrected chi connectivity index (χ0v) is 8.72. The number of carbonyl (C=O) groups is 1. The van der Waals surface area contributed by atoms with Gasteiger partial charge in [0.2, 0.25) is 0 Å². The molecule has 0 bridgehead atoms. The lowest BCUT2D eigenvalue weighted by atomic mass is 10.2. The molecule has 3 nitrogen and oxygen atoms in total. The highest BCUT2D eigenvalue weighted by Crippen LogP contribution is 2.45. The minimum absolute atomic E-state index is 0.0135. The van der Waals surface area contributed by atoms with Crippen molar-refractivity contribution in [2.75, 3.05) is 6.61 Å². The zero-order valence-electron chi connectivity index (χ0n) is 8.72. The molecule has 13 heavy (non-hydrogen) atoms. The highest BCUT2D eigenvalue weighted by Gasteiger charge is 2.50. The van der Waals surface area contributed by atoms with E-state index in [9.17, 15) is 4.79 Å². The van der Waals surface area contributed by atoms with E-state index in [0.29, 0.717) is 12.5 Å². The van der Waals surface area contributed by atoms with Crippen molar-refractivity contribution in [1.29, 1.82) is 0 Å². The lowest BCUT2D eigenvalue weighted by Gasteiger charge is -2.13. The Labute approximate surface area is 79.8 Å². The highest BCUT2D eigenvalue weighted by atomic mass is 16.5. The van der Waals surface area contributed by atoms with Crippen LogP contribution in [0, 0.1) is 5.92 Å². The van der Waals surface area contributed by atoms with Crippen LogP contribution in [0.15, 0.2) is 0 Å². The first kappa shape index (κ1) is 10.4. The van der Waals surface area contributed by atoms with Gasteiger partial charge in [0.15, 0.2) is 0 Å². The second-order valence-corrected chi connectivity index (χ2v) is 3.99. The monoisotopic (exact) mass is 185 g/mol. The van der Waals surface area contributed by atoms with Crippen molar-refractivity contribution >= 4 is 6.09 Å². The summed E-state index contributed by atoms with van der Waals surface area (Å²) in [5, 5.41) is 2.90. The molecule has 0 aliphatic heterocycles. The summed E-state index contributed by atoms with van der Waals surface area (Å²) in [5.74, 6) is 0.640. The third kappa shape index (κ3) is 2.61. The molecule has 0 aromatic rings. The molecule has 1 aliphatic carbocycles. The van der Waals surface area contributed by atoms with Gasteiger partial charge in [-0.2, -0.15) is 0 Å². The summed E-state index contributed by atoms with van der Waals surface area (Å²) in [6.07, 6.45) is 2.83. The van der Waals surface area contributed by atoms with E-state index in [-0.39, 0.29) is 11.6 Å². The van der Waals surface area contributed by atoms with Crippen molar-refractivity contribution in [3.8, 4) is 0 Å². The molecule has 0 aromatic carbocycles. The number of hydrogen-bond donors (Lipinski definition) is 1. The van der Waals surface area contributed by atoms with Crippen LogP contribution in [0.25, 0.3) is 0 Å². The average molecular weight is 185 g/mol. The van der Waals surface area contributed by atoms with Crippen LogP contribution in [0.1, 0.15) is 40.0 Å². The van der Waals surface area contributed by atoms with Gasteiger partial charge >= 0.3 is 6.09 Å². The molecule has 1 amide bonds. The van der Waals surface area contributed by atoms with Gasteiger partial charge in [0.05, 0.1) is 6.61 Å². The summed E-state index contributed by atoms with van der Waals surface area (Å²) in [4.78, 5) is 11.2. The predicted octanol–water partition coefficient (Wildman–Crippen LogP) is 2.31. The van der Waals surface area contributed by atoms with Crippen molar-refractivity contribution in [3.05, 3.63) is 0 Å². The predicted molar refractivity (Wildman–Crippen MR) is 51.6 cm³/mol. The topological polar surface area (TPSA) is 38.3 Å². The molecule has 0 saturated heterocycles. The minimum atomic E-state index is -0.264. The van der Waals surface area contributed by atoms with Gasteiger partial charge in [0.25, 0.3) is 0 Å². The van der Waals surface area contributed by atoms with E-state index in [1.54, 1.807) is 0 Å². The molecule has 1 N–H and O–H groups in total. The maximum atomic E-state index is 11.2. The SMILES string of the molecule is CCCOC(=O)NC1(C)CC1CC. The Morgan fingerprint density at radius 2 is 2.31 bits per heavy atom. The molecule has 1 rings (SSSR count).